The summed E-state index contributed by atoms with van der Waals surface area (Å²) in [6.07, 6.45) is 0. The third-order valence-electron chi connectivity index (χ3n) is 0.893. The molecule has 0 atom stereocenters. The van der Waals surface area contributed by atoms with Gasteiger partial charge in [0, 0.05) is 0 Å². The molecular formula is C4H6IN3. The number of aromatic nitrogens is 2. The summed E-state index contributed by atoms with van der Waals surface area (Å²) in [6.45, 7) is 1.91. The van der Waals surface area contributed by atoms with Gasteiger partial charge in [-0.15, -0.1) is 5.10 Å². The van der Waals surface area contributed by atoms with E-state index in [9.17, 15) is 0 Å². The predicted octanol–water partition coefficient (Wildman–Crippen LogP) is 0.510. The van der Waals surface area contributed by atoms with Crippen molar-refractivity contribution in [1.29, 1.82) is 0 Å². The maximum Gasteiger partial charge on any atom is 0.125 e. The first-order valence-electron chi connectivity index (χ1n) is 2.17. The van der Waals surface area contributed by atoms with Crippen LogP contribution < -0.4 is 5.84 Å². The summed E-state index contributed by atoms with van der Waals surface area (Å²) in [5.74, 6) is 5.34. The van der Waals surface area contributed by atoms with E-state index in [1.165, 1.54) is 4.79 Å². The Morgan fingerprint density at radius 2 is 2.50 bits per heavy atom. The van der Waals surface area contributed by atoms with Gasteiger partial charge in [0.15, 0.2) is 0 Å². The first-order valence-corrected chi connectivity index (χ1v) is 3.25. The molecule has 3 nitrogen and oxygen atoms in total. The fourth-order valence-corrected chi connectivity index (χ4v) is 1.13. The van der Waals surface area contributed by atoms with Crippen molar-refractivity contribution in [2.75, 3.05) is 5.84 Å². The van der Waals surface area contributed by atoms with E-state index < -0.39 is 0 Å². The second kappa shape index (κ2) is 1.93. The van der Waals surface area contributed by atoms with E-state index in [1.54, 1.807) is 0 Å². The van der Waals surface area contributed by atoms with Crippen LogP contribution in [0.5, 0.6) is 0 Å². The summed E-state index contributed by atoms with van der Waals surface area (Å²) < 4.78 is 0.933. The molecule has 4 heteroatoms. The van der Waals surface area contributed by atoms with E-state index in [0.29, 0.717) is 0 Å². The van der Waals surface area contributed by atoms with Crippen molar-refractivity contribution in [2.24, 2.45) is 0 Å². The van der Waals surface area contributed by atoms with Gasteiger partial charge in [0.2, 0.25) is 0 Å². The van der Waals surface area contributed by atoms with E-state index in [2.05, 4.69) is 27.7 Å². The standard InChI is InChI=1S/C4H6IN3/c1-3-2-4(5)7-8(3)6/h2H,6H2,1H3. The smallest absolute Gasteiger partial charge is 0.125 e. The minimum atomic E-state index is 0.933. The van der Waals surface area contributed by atoms with E-state index >= 15 is 0 Å². The minimum Gasteiger partial charge on any atom is -0.323 e. The van der Waals surface area contributed by atoms with Crippen molar-refractivity contribution in [1.82, 2.24) is 9.89 Å². The summed E-state index contributed by atoms with van der Waals surface area (Å²) in [4.78, 5) is 1.36. The van der Waals surface area contributed by atoms with E-state index in [-0.39, 0.29) is 0 Å². The molecule has 1 aromatic rings. The molecule has 0 bridgehead atoms. The number of nitrogens with zero attached hydrogens (tertiary/aromatic N) is 2. The average molecular weight is 223 g/mol. The molecule has 0 radical (unpaired) electrons. The van der Waals surface area contributed by atoms with Gasteiger partial charge in [0.25, 0.3) is 0 Å². The molecule has 2 N–H and O–H groups in total. The summed E-state index contributed by atoms with van der Waals surface area (Å²) in [5.41, 5.74) is 0.981. The number of hydrogen-bond acceptors (Lipinski definition) is 2. The van der Waals surface area contributed by atoms with Gasteiger partial charge >= 0.3 is 0 Å². The molecule has 0 fully saturated rings. The molecule has 0 aliphatic rings. The van der Waals surface area contributed by atoms with Gasteiger partial charge in [0.1, 0.15) is 3.70 Å². The van der Waals surface area contributed by atoms with Crippen LogP contribution >= 0.6 is 22.6 Å². The zero-order valence-electron chi connectivity index (χ0n) is 4.43. The van der Waals surface area contributed by atoms with Gasteiger partial charge in [-0.1, -0.05) is 0 Å². The summed E-state index contributed by atoms with van der Waals surface area (Å²) in [5, 5.41) is 3.89. The highest BCUT2D eigenvalue weighted by molar-refractivity contribution is 14.1. The lowest BCUT2D eigenvalue weighted by Gasteiger charge is -1.87. The molecule has 0 saturated carbocycles. The predicted molar refractivity (Wildman–Crippen MR) is 39.8 cm³/mol. The Hall–Kier alpha value is -0.260. The Bertz CT molecular complexity index is 174. The molecule has 0 aliphatic carbocycles. The van der Waals surface area contributed by atoms with Crippen molar-refractivity contribution >= 4 is 22.6 Å². The van der Waals surface area contributed by atoms with Crippen LogP contribution in [0.2, 0.25) is 0 Å². The molecule has 0 amide bonds. The van der Waals surface area contributed by atoms with Crippen molar-refractivity contribution in [3.63, 3.8) is 0 Å². The first-order chi connectivity index (χ1) is 3.70. The molecule has 0 saturated heterocycles. The van der Waals surface area contributed by atoms with Gasteiger partial charge in [-0.2, -0.15) is 4.79 Å². The quantitative estimate of drug-likeness (QED) is 0.514. The summed E-state index contributed by atoms with van der Waals surface area (Å²) in [7, 11) is 0. The number of hydrogen-bond donors (Lipinski definition) is 1. The fraction of sp³-hybridized carbons (Fsp3) is 0.250. The maximum atomic E-state index is 5.34. The van der Waals surface area contributed by atoms with Gasteiger partial charge < -0.3 is 5.84 Å². The highest BCUT2D eigenvalue weighted by atomic mass is 127. The van der Waals surface area contributed by atoms with Crippen molar-refractivity contribution in [3.05, 3.63) is 15.5 Å². The molecule has 8 heavy (non-hydrogen) atoms. The van der Waals surface area contributed by atoms with Crippen LogP contribution in [0.4, 0.5) is 0 Å². The Morgan fingerprint density at radius 3 is 2.62 bits per heavy atom. The summed E-state index contributed by atoms with van der Waals surface area (Å²) >= 11 is 2.11. The van der Waals surface area contributed by atoms with Crippen molar-refractivity contribution in [2.45, 2.75) is 6.92 Å². The molecular weight excluding hydrogens is 217 g/mol. The van der Waals surface area contributed by atoms with Gasteiger partial charge in [-0.05, 0) is 35.6 Å². The monoisotopic (exact) mass is 223 g/mol. The molecule has 1 rings (SSSR count). The van der Waals surface area contributed by atoms with Crippen molar-refractivity contribution < 1.29 is 0 Å². The van der Waals surface area contributed by atoms with Gasteiger partial charge in [-0.25, -0.2) is 0 Å². The maximum absolute atomic E-state index is 5.34. The highest BCUT2D eigenvalue weighted by Crippen LogP contribution is 2.01. The lowest BCUT2D eigenvalue weighted by atomic mass is 10.5. The van der Waals surface area contributed by atoms with Crippen LogP contribution in [0.25, 0.3) is 0 Å². The zero-order chi connectivity index (χ0) is 6.15. The SMILES string of the molecule is Cc1cc(I)nn1N. The Labute approximate surface area is 61.0 Å². The molecule has 1 aromatic heterocycles. The van der Waals surface area contributed by atoms with E-state index in [1.807, 2.05) is 13.0 Å². The third kappa shape index (κ3) is 0.936. The number of rotatable bonds is 0. The van der Waals surface area contributed by atoms with Crippen LogP contribution in [0.3, 0.4) is 0 Å². The average Bonchev–Trinajstić information content (AvgIpc) is 1.85. The molecule has 1 heterocycles. The topological polar surface area (TPSA) is 43.8 Å². The number of halogens is 1. The molecule has 0 unspecified atom stereocenters. The first kappa shape index (κ1) is 5.87. The molecule has 0 spiro atoms. The van der Waals surface area contributed by atoms with Crippen LogP contribution in [-0.4, -0.2) is 9.89 Å². The van der Waals surface area contributed by atoms with Crippen LogP contribution in [-0.2, 0) is 0 Å². The second-order valence-electron chi connectivity index (χ2n) is 1.55. The molecule has 0 aromatic carbocycles. The Balaban J connectivity index is 3.14. The number of aryl methyl sites for hydroxylation is 1. The Kier molecular flexibility index (Phi) is 1.41. The summed E-state index contributed by atoms with van der Waals surface area (Å²) in [6, 6.07) is 1.92. The molecule has 44 valence electrons. The van der Waals surface area contributed by atoms with Crippen LogP contribution in [0.15, 0.2) is 6.07 Å². The fourth-order valence-electron chi connectivity index (χ4n) is 0.449. The lowest BCUT2D eigenvalue weighted by Crippen LogP contribution is -2.11. The highest BCUT2D eigenvalue weighted by Gasteiger charge is 1.94. The molecule has 0 aliphatic heterocycles. The van der Waals surface area contributed by atoms with E-state index in [0.717, 1.165) is 9.39 Å². The largest absolute Gasteiger partial charge is 0.323 e. The second-order valence-corrected chi connectivity index (χ2v) is 2.66. The Morgan fingerprint density at radius 1 is 1.88 bits per heavy atom. The van der Waals surface area contributed by atoms with Crippen LogP contribution in [0, 0.1) is 10.6 Å². The third-order valence-corrected chi connectivity index (χ3v) is 1.42. The van der Waals surface area contributed by atoms with Gasteiger partial charge in [0.05, 0.1) is 5.69 Å². The normalized spacial score (nSPS) is 9.75. The van der Waals surface area contributed by atoms with Gasteiger partial charge in [-0.3, -0.25) is 0 Å². The zero-order valence-corrected chi connectivity index (χ0v) is 6.58. The number of nitrogens with two attached hydrogens (primary N) is 1. The van der Waals surface area contributed by atoms with Crippen molar-refractivity contribution in [3.8, 4) is 0 Å². The van der Waals surface area contributed by atoms with E-state index in [4.69, 9.17) is 5.84 Å². The lowest BCUT2D eigenvalue weighted by molar-refractivity contribution is 0.793. The van der Waals surface area contributed by atoms with Crippen LogP contribution in [0.1, 0.15) is 5.69 Å². The number of nitrogen functional groups attached to an aromatic ring is 1. The minimum absolute atomic E-state index is 0.933.